The molecule has 2 nitrogen and oxygen atoms in total. The maximum Gasteiger partial charge on any atom is 0.306 e. The van der Waals surface area contributed by atoms with Gasteiger partial charge in [-0.2, -0.15) is 0 Å². The van der Waals surface area contributed by atoms with Gasteiger partial charge in [-0.15, -0.1) is 0 Å². The molecule has 0 saturated heterocycles. The second-order valence-electron chi connectivity index (χ2n) is 3.43. The number of allylic oxidation sites excluding steroid dienone is 2. The molecule has 0 rings (SSSR count). The predicted molar refractivity (Wildman–Crippen MR) is 54.7 cm³/mol. The molecule has 1 N–H and O–H groups in total. The summed E-state index contributed by atoms with van der Waals surface area (Å²) in [6, 6.07) is 0. The van der Waals surface area contributed by atoms with Crippen LogP contribution in [0.3, 0.4) is 0 Å². The Balaban J connectivity index is 3.30. The minimum atomic E-state index is -0.683. The largest absolute Gasteiger partial charge is 0.481 e. The lowest BCUT2D eigenvalue weighted by Gasteiger charge is -2.02. The lowest BCUT2D eigenvalue weighted by molar-refractivity contribution is -0.141. The van der Waals surface area contributed by atoms with Crippen LogP contribution in [0, 0.1) is 5.92 Å². The van der Waals surface area contributed by atoms with E-state index >= 15 is 0 Å². The number of hydrogen-bond acceptors (Lipinski definition) is 1. The fourth-order valence-electron chi connectivity index (χ4n) is 1.07. The Morgan fingerprint density at radius 1 is 1.38 bits per heavy atom. The molecule has 0 amide bonds. The Labute approximate surface area is 80.7 Å². The summed E-state index contributed by atoms with van der Waals surface area (Å²) in [5.74, 6) is -0.878. The number of aliphatic carboxylic acids is 1. The van der Waals surface area contributed by atoms with Crippen LogP contribution < -0.4 is 0 Å². The van der Waals surface area contributed by atoms with E-state index in [1.807, 2.05) is 0 Å². The Hall–Kier alpha value is -0.790. The molecular formula is C11H20O2. The van der Waals surface area contributed by atoms with Gasteiger partial charge in [-0.05, 0) is 25.7 Å². The zero-order chi connectivity index (χ0) is 10.1. The van der Waals surface area contributed by atoms with Gasteiger partial charge in [0.15, 0.2) is 0 Å². The third kappa shape index (κ3) is 7.57. The molecule has 0 aromatic heterocycles. The van der Waals surface area contributed by atoms with Gasteiger partial charge >= 0.3 is 5.97 Å². The van der Waals surface area contributed by atoms with Crippen molar-refractivity contribution in [2.45, 2.75) is 46.0 Å². The summed E-state index contributed by atoms with van der Waals surface area (Å²) in [6.07, 6.45) is 9.41. The number of unbranched alkanes of at least 4 members (excludes halogenated alkanes) is 2. The fourth-order valence-corrected chi connectivity index (χ4v) is 1.07. The summed E-state index contributed by atoms with van der Waals surface area (Å²) in [5, 5.41) is 8.60. The molecule has 0 radical (unpaired) electrons. The van der Waals surface area contributed by atoms with E-state index < -0.39 is 5.97 Å². The van der Waals surface area contributed by atoms with E-state index in [2.05, 4.69) is 19.1 Å². The molecule has 0 aliphatic rings. The van der Waals surface area contributed by atoms with Gasteiger partial charge in [0.05, 0.1) is 5.92 Å². The first-order chi connectivity index (χ1) is 6.18. The topological polar surface area (TPSA) is 37.3 Å². The molecule has 0 bridgehead atoms. The molecule has 1 atom stereocenters. The molecule has 0 aromatic rings. The summed E-state index contributed by atoms with van der Waals surface area (Å²) in [4.78, 5) is 10.4. The maximum absolute atomic E-state index is 10.4. The fraction of sp³-hybridized carbons (Fsp3) is 0.727. The molecule has 0 fully saturated rings. The molecule has 1 unspecified atom stereocenters. The normalized spacial score (nSPS) is 13.4. The van der Waals surface area contributed by atoms with Gasteiger partial charge in [0.2, 0.25) is 0 Å². The minimum absolute atomic E-state index is 0.195. The van der Waals surface area contributed by atoms with Crippen molar-refractivity contribution in [3.05, 3.63) is 12.2 Å². The van der Waals surface area contributed by atoms with Gasteiger partial charge < -0.3 is 5.11 Å². The maximum atomic E-state index is 10.4. The molecule has 0 spiro atoms. The van der Waals surface area contributed by atoms with Crippen molar-refractivity contribution in [1.29, 1.82) is 0 Å². The molecule has 0 saturated carbocycles. The first-order valence-electron chi connectivity index (χ1n) is 5.06. The van der Waals surface area contributed by atoms with Gasteiger partial charge in [-0.3, -0.25) is 4.79 Å². The second-order valence-corrected chi connectivity index (χ2v) is 3.43. The van der Waals surface area contributed by atoms with Crippen LogP contribution in [0.4, 0.5) is 0 Å². The first kappa shape index (κ1) is 12.2. The van der Waals surface area contributed by atoms with Crippen molar-refractivity contribution in [3.8, 4) is 0 Å². The highest BCUT2D eigenvalue weighted by Gasteiger charge is 2.08. The van der Waals surface area contributed by atoms with Gasteiger partial charge in [0.1, 0.15) is 0 Å². The van der Waals surface area contributed by atoms with Gasteiger partial charge in [0.25, 0.3) is 0 Å². The highest BCUT2D eigenvalue weighted by atomic mass is 16.4. The van der Waals surface area contributed by atoms with Crippen molar-refractivity contribution < 1.29 is 9.90 Å². The van der Waals surface area contributed by atoms with E-state index in [9.17, 15) is 4.79 Å². The summed E-state index contributed by atoms with van der Waals surface area (Å²) >= 11 is 0. The highest BCUT2D eigenvalue weighted by Crippen LogP contribution is 2.08. The number of rotatable bonds is 7. The van der Waals surface area contributed by atoms with E-state index in [0.29, 0.717) is 0 Å². The van der Waals surface area contributed by atoms with E-state index in [4.69, 9.17) is 5.11 Å². The van der Waals surface area contributed by atoms with Crippen LogP contribution in [0.2, 0.25) is 0 Å². The summed E-state index contributed by atoms with van der Waals surface area (Å²) in [7, 11) is 0. The van der Waals surface area contributed by atoms with Crippen molar-refractivity contribution >= 4 is 5.97 Å². The van der Waals surface area contributed by atoms with Gasteiger partial charge in [-0.25, -0.2) is 0 Å². The lowest BCUT2D eigenvalue weighted by atomic mass is 10.0. The molecule has 0 aromatic carbocycles. The van der Waals surface area contributed by atoms with Crippen LogP contribution >= 0.6 is 0 Å². The van der Waals surface area contributed by atoms with Crippen LogP contribution in [0.5, 0.6) is 0 Å². The second kappa shape index (κ2) is 7.84. The smallest absolute Gasteiger partial charge is 0.306 e. The molecule has 0 aliphatic carbocycles. The van der Waals surface area contributed by atoms with Gasteiger partial charge in [0, 0.05) is 0 Å². The Kier molecular flexibility index (Phi) is 7.36. The Morgan fingerprint density at radius 2 is 2.00 bits per heavy atom. The number of carbonyl (C=O) groups is 1. The van der Waals surface area contributed by atoms with Crippen LogP contribution in [0.25, 0.3) is 0 Å². The average Bonchev–Trinajstić information content (AvgIpc) is 2.10. The van der Waals surface area contributed by atoms with E-state index in [1.165, 1.54) is 6.42 Å². The molecule has 0 aliphatic heterocycles. The summed E-state index contributed by atoms with van der Waals surface area (Å²) in [5.41, 5.74) is 0. The monoisotopic (exact) mass is 184 g/mol. The lowest BCUT2D eigenvalue weighted by Crippen LogP contribution is -2.08. The van der Waals surface area contributed by atoms with Crippen LogP contribution in [-0.2, 0) is 4.79 Å². The molecule has 76 valence electrons. The van der Waals surface area contributed by atoms with Crippen LogP contribution in [0.15, 0.2) is 12.2 Å². The average molecular weight is 184 g/mol. The van der Waals surface area contributed by atoms with Crippen molar-refractivity contribution in [2.24, 2.45) is 5.92 Å². The van der Waals surface area contributed by atoms with E-state index in [-0.39, 0.29) is 5.92 Å². The van der Waals surface area contributed by atoms with Gasteiger partial charge in [-0.1, -0.05) is 32.4 Å². The number of hydrogen-bond donors (Lipinski definition) is 1. The quantitative estimate of drug-likeness (QED) is 0.487. The molecule has 13 heavy (non-hydrogen) atoms. The zero-order valence-electron chi connectivity index (χ0n) is 8.62. The number of carboxylic acids is 1. The highest BCUT2D eigenvalue weighted by molar-refractivity contribution is 5.69. The van der Waals surface area contributed by atoms with E-state index in [0.717, 1.165) is 25.7 Å². The number of carboxylic acid groups (broad SMARTS) is 1. The molecular weight excluding hydrogens is 164 g/mol. The standard InChI is InChI=1S/C11H20O2/c1-3-4-5-6-7-8-9-10(2)11(12)13/h5-6,10H,3-4,7-9H2,1-2H3,(H,12,13)/b6-5-. The van der Waals surface area contributed by atoms with Crippen LogP contribution in [-0.4, -0.2) is 11.1 Å². The zero-order valence-corrected chi connectivity index (χ0v) is 8.62. The molecule has 2 heteroatoms. The molecule has 0 heterocycles. The van der Waals surface area contributed by atoms with Crippen molar-refractivity contribution in [2.75, 3.05) is 0 Å². The predicted octanol–water partition coefficient (Wildman–Crippen LogP) is 3.23. The summed E-state index contributed by atoms with van der Waals surface area (Å²) in [6.45, 7) is 3.91. The minimum Gasteiger partial charge on any atom is -0.481 e. The summed E-state index contributed by atoms with van der Waals surface area (Å²) < 4.78 is 0. The van der Waals surface area contributed by atoms with Crippen LogP contribution in [0.1, 0.15) is 46.0 Å². The SMILES string of the molecule is CCC/C=C\CCCC(C)C(=O)O. The third-order valence-electron chi connectivity index (χ3n) is 2.05. The van der Waals surface area contributed by atoms with Crippen molar-refractivity contribution in [3.63, 3.8) is 0 Å². The van der Waals surface area contributed by atoms with Crippen molar-refractivity contribution in [1.82, 2.24) is 0 Å². The third-order valence-corrected chi connectivity index (χ3v) is 2.05. The Bertz CT molecular complexity index is 161. The van der Waals surface area contributed by atoms with E-state index in [1.54, 1.807) is 6.92 Å². The first-order valence-corrected chi connectivity index (χ1v) is 5.06. The Morgan fingerprint density at radius 3 is 2.54 bits per heavy atom.